The second-order valence-electron chi connectivity index (χ2n) is 8.94. The minimum Gasteiger partial charge on any atom is -0.469 e. The van der Waals surface area contributed by atoms with Crippen molar-refractivity contribution >= 4 is 40.1 Å². The lowest BCUT2D eigenvalue weighted by Gasteiger charge is -2.19. The van der Waals surface area contributed by atoms with Crippen molar-refractivity contribution in [3.05, 3.63) is 77.2 Å². The highest BCUT2D eigenvalue weighted by molar-refractivity contribution is 6.34. The van der Waals surface area contributed by atoms with Crippen molar-refractivity contribution in [2.45, 2.75) is 19.4 Å². The number of fused-ring (bicyclic) bond motifs is 1. The Hall–Kier alpha value is -3.85. The molecule has 2 aromatic carbocycles. The topological polar surface area (TPSA) is 80.2 Å². The molecule has 1 aliphatic heterocycles. The molecule has 2 atom stereocenters. The van der Waals surface area contributed by atoms with Gasteiger partial charge in [0.1, 0.15) is 11.6 Å². The fourth-order valence-electron chi connectivity index (χ4n) is 4.60. The van der Waals surface area contributed by atoms with E-state index in [4.69, 9.17) is 16.3 Å². The molecule has 5 rings (SSSR count). The van der Waals surface area contributed by atoms with Crippen LogP contribution in [0.1, 0.15) is 24.9 Å². The average molecular weight is 524 g/mol. The number of nitrogens with one attached hydrogen (secondary N) is 1. The van der Waals surface area contributed by atoms with Crippen molar-refractivity contribution < 1.29 is 18.3 Å². The van der Waals surface area contributed by atoms with Crippen LogP contribution >= 0.6 is 11.6 Å². The number of anilines is 2. The number of carbonyl (C=O) groups is 1. The minimum absolute atomic E-state index is 0.221. The molecule has 4 aromatic rings. The van der Waals surface area contributed by atoms with E-state index < -0.39 is 11.9 Å². The fraction of sp³-hybridized carbons (Fsp3) is 0.259. The van der Waals surface area contributed by atoms with Gasteiger partial charge < -0.3 is 15.0 Å². The molecule has 1 N–H and O–H groups in total. The van der Waals surface area contributed by atoms with Crippen molar-refractivity contribution in [3.63, 3.8) is 0 Å². The van der Waals surface area contributed by atoms with Gasteiger partial charge in [-0.1, -0.05) is 29.8 Å². The number of pyridine rings is 1. The normalized spacial score (nSPS) is 16.1. The lowest BCUT2D eigenvalue weighted by Crippen LogP contribution is -2.25. The van der Waals surface area contributed by atoms with Gasteiger partial charge in [0.2, 0.25) is 5.95 Å². The SMILES string of the molecule is COC(=O)C1CCN(c2ncc(-c3cc4c(N[C@H](C)c5ccccc5F)c(Cl)cnc4cc3F)cn2)C1. The van der Waals surface area contributed by atoms with Crippen LogP contribution in [0.25, 0.3) is 22.0 Å². The molecule has 7 nitrogen and oxygen atoms in total. The number of halogens is 3. The molecule has 10 heteroatoms. The first kappa shape index (κ1) is 24.8. The van der Waals surface area contributed by atoms with Gasteiger partial charge >= 0.3 is 5.97 Å². The van der Waals surface area contributed by atoms with E-state index in [1.165, 1.54) is 25.4 Å². The Morgan fingerprint density at radius 1 is 1.14 bits per heavy atom. The number of hydrogen-bond acceptors (Lipinski definition) is 7. The maximum absolute atomic E-state index is 15.1. The van der Waals surface area contributed by atoms with Gasteiger partial charge in [0, 0.05) is 59.8 Å². The van der Waals surface area contributed by atoms with Crippen LogP contribution in [0.2, 0.25) is 5.02 Å². The Labute approximate surface area is 217 Å². The van der Waals surface area contributed by atoms with Gasteiger partial charge in [-0.05, 0) is 25.5 Å². The molecular formula is C27H24ClF2N5O2. The van der Waals surface area contributed by atoms with E-state index >= 15 is 4.39 Å². The van der Waals surface area contributed by atoms with E-state index in [1.807, 2.05) is 11.8 Å². The number of aromatic nitrogens is 3. The largest absolute Gasteiger partial charge is 0.469 e. The lowest BCUT2D eigenvalue weighted by molar-refractivity contribution is -0.144. The summed E-state index contributed by atoms with van der Waals surface area (Å²) < 4.78 is 34.3. The first-order chi connectivity index (χ1) is 17.9. The highest BCUT2D eigenvalue weighted by atomic mass is 35.5. The molecular weight excluding hydrogens is 500 g/mol. The first-order valence-corrected chi connectivity index (χ1v) is 12.2. The predicted octanol–water partition coefficient (Wildman–Crippen LogP) is 5.80. The second-order valence-corrected chi connectivity index (χ2v) is 9.35. The zero-order valence-electron chi connectivity index (χ0n) is 20.2. The summed E-state index contributed by atoms with van der Waals surface area (Å²) in [6.07, 6.45) is 5.19. The fourth-order valence-corrected chi connectivity index (χ4v) is 4.81. The maximum atomic E-state index is 15.1. The number of hydrogen-bond donors (Lipinski definition) is 1. The summed E-state index contributed by atoms with van der Waals surface area (Å²) in [6, 6.07) is 9.05. The molecule has 1 fully saturated rings. The van der Waals surface area contributed by atoms with E-state index in [0.29, 0.717) is 58.2 Å². The monoisotopic (exact) mass is 523 g/mol. The molecule has 37 heavy (non-hydrogen) atoms. The number of methoxy groups -OCH3 is 1. The summed E-state index contributed by atoms with van der Waals surface area (Å²) in [5.74, 6) is -0.836. The maximum Gasteiger partial charge on any atom is 0.310 e. The van der Waals surface area contributed by atoms with Gasteiger partial charge in [0.15, 0.2) is 0 Å². The number of nitrogens with zero attached hydrogens (tertiary/aromatic N) is 4. The van der Waals surface area contributed by atoms with Crippen molar-refractivity contribution in [2.24, 2.45) is 5.92 Å². The molecule has 0 spiro atoms. The summed E-state index contributed by atoms with van der Waals surface area (Å²) in [7, 11) is 1.37. The molecule has 1 saturated heterocycles. The van der Waals surface area contributed by atoms with Crippen LogP contribution in [0.15, 0.2) is 55.0 Å². The molecule has 190 valence electrons. The van der Waals surface area contributed by atoms with E-state index in [2.05, 4.69) is 20.3 Å². The molecule has 0 radical (unpaired) electrons. The van der Waals surface area contributed by atoms with Crippen LogP contribution in [0, 0.1) is 17.6 Å². The summed E-state index contributed by atoms with van der Waals surface area (Å²) in [4.78, 5) is 26.8. The van der Waals surface area contributed by atoms with Crippen molar-refractivity contribution in [1.29, 1.82) is 0 Å². The molecule has 2 aromatic heterocycles. The molecule has 3 heterocycles. The lowest BCUT2D eigenvalue weighted by atomic mass is 10.0. The van der Waals surface area contributed by atoms with Gasteiger partial charge in [-0.3, -0.25) is 9.78 Å². The molecule has 0 bridgehead atoms. The van der Waals surface area contributed by atoms with E-state index in [1.54, 1.807) is 36.7 Å². The van der Waals surface area contributed by atoms with Crippen LogP contribution in [0.5, 0.6) is 0 Å². The molecule has 0 saturated carbocycles. The standard InChI is InChI=1S/C27H24ClF2N5O2/c1-15(18-5-3-4-6-22(18)29)34-25-20-9-19(23(30)10-24(20)31-13-21(25)28)17-11-32-27(33-12-17)35-8-7-16(14-35)26(36)37-2/h3-6,9-13,15-16H,7-8,14H2,1-2H3,(H,31,34)/t15-,16?/m1/s1. The van der Waals surface area contributed by atoms with Crippen molar-refractivity contribution in [2.75, 3.05) is 30.4 Å². The van der Waals surface area contributed by atoms with Gasteiger partial charge in [-0.2, -0.15) is 0 Å². The molecule has 0 aliphatic carbocycles. The number of carbonyl (C=O) groups excluding carboxylic acids is 1. The second kappa shape index (κ2) is 10.3. The predicted molar refractivity (Wildman–Crippen MR) is 139 cm³/mol. The Morgan fingerprint density at radius 2 is 1.89 bits per heavy atom. The zero-order valence-corrected chi connectivity index (χ0v) is 21.0. The highest BCUT2D eigenvalue weighted by Gasteiger charge is 2.30. The molecule has 0 amide bonds. The van der Waals surface area contributed by atoms with Gasteiger partial charge in [-0.25, -0.2) is 18.7 Å². The molecule has 1 aliphatic rings. The van der Waals surface area contributed by atoms with Gasteiger partial charge in [0.25, 0.3) is 0 Å². The summed E-state index contributed by atoms with van der Waals surface area (Å²) in [5.41, 5.74) is 2.15. The number of esters is 1. The minimum atomic E-state index is -0.487. The molecule has 1 unspecified atom stereocenters. The smallest absolute Gasteiger partial charge is 0.310 e. The van der Waals surface area contributed by atoms with Crippen molar-refractivity contribution in [1.82, 2.24) is 15.0 Å². The van der Waals surface area contributed by atoms with E-state index in [9.17, 15) is 9.18 Å². The van der Waals surface area contributed by atoms with Crippen LogP contribution in [0.4, 0.5) is 20.4 Å². The summed E-state index contributed by atoms with van der Waals surface area (Å²) in [6.45, 7) is 2.92. The van der Waals surface area contributed by atoms with Gasteiger partial charge in [0.05, 0.1) is 35.3 Å². The Balaban J connectivity index is 1.46. The number of rotatable bonds is 6. The Kier molecular flexibility index (Phi) is 6.88. The van der Waals surface area contributed by atoms with E-state index in [-0.39, 0.29) is 23.3 Å². The third-order valence-corrected chi connectivity index (χ3v) is 6.88. The summed E-state index contributed by atoms with van der Waals surface area (Å²) >= 11 is 6.48. The third-order valence-electron chi connectivity index (χ3n) is 6.60. The average Bonchev–Trinajstić information content (AvgIpc) is 3.40. The third kappa shape index (κ3) is 4.91. The van der Waals surface area contributed by atoms with Crippen molar-refractivity contribution in [3.8, 4) is 11.1 Å². The summed E-state index contributed by atoms with van der Waals surface area (Å²) in [5, 5.41) is 4.17. The van der Waals surface area contributed by atoms with Crippen LogP contribution in [0.3, 0.4) is 0 Å². The number of ether oxygens (including phenoxy) is 1. The number of benzene rings is 2. The van der Waals surface area contributed by atoms with Gasteiger partial charge in [-0.15, -0.1) is 0 Å². The van der Waals surface area contributed by atoms with E-state index in [0.717, 1.165) is 0 Å². The zero-order chi connectivity index (χ0) is 26.1. The van der Waals surface area contributed by atoms with Crippen LogP contribution in [-0.2, 0) is 9.53 Å². The Bertz CT molecular complexity index is 1470. The van der Waals surface area contributed by atoms with Crippen LogP contribution in [-0.4, -0.2) is 41.1 Å². The first-order valence-electron chi connectivity index (χ1n) is 11.8. The quantitative estimate of drug-likeness (QED) is 0.320. The highest BCUT2D eigenvalue weighted by Crippen LogP contribution is 2.36. The Morgan fingerprint density at radius 3 is 2.62 bits per heavy atom. The van der Waals surface area contributed by atoms with Crippen LogP contribution < -0.4 is 10.2 Å².